The molecule has 5 N–H and O–H groups in total. The molecule has 20 nitrogen and oxygen atoms in total. The Hall–Kier alpha value is -6.56. The highest BCUT2D eigenvalue weighted by Gasteiger charge is 2.34. The average molecular weight is 963 g/mol. The average Bonchev–Trinajstić information content (AvgIpc) is 3.95. The van der Waals surface area contributed by atoms with Crippen molar-refractivity contribution in [3.8, 4) is 11.5 Å². The maximum absolute atomic E-state index is 14.3. The molecule has 5 aromatic rings. The van der Waals surface area contributed by atoms with Gasteiger partial charge in [-0.2, -0.15) is 15.3 Å². The third-order valence-electron chi connectivity index (χ3n) is 8.33. The zero-order chi connectivity index (χ0) is 42.6. The van der Waals surface area contributed by atoms with E-state index in [2.05, 4.69) is 61.9 Å². The summed E-state index contributed by atoms with van der Waals surface area (Å²) in [7, 11) is 6.53. The summed E-state index contributed by atoms with van der Waals surface area (Å²) in [5.74, 6) is -2.54. The van der Waals surface area contributed by atoms with Crippen molar-refractivity contribution >= 4 is 74.4 Å². The standard InChI is InChI=1S/C18H20FN7O3.C13H12FN5O3.C5H7BrN2.BrH/c1-21-7-11(6-20)8-26-9-12(19)15(24-26)17(27)23-13-10-29-14-4-3-5-22-16(14)25(2)18(13)28;1-19-11-9(3-2-4-15-11)22-6-8(13(19)21)17-12(20)10-7(14)5-16-18-10;1-8-4-5(2-6)3-7-8;/h3-7,9,13H,8,10,20H2,1-2H3,(H,23,27);2-5,8H,6H2,1H3,(H,16,18)(H,17,20);3-4H,2H2,1H3;1H/t13-;8-;;/m00../s1. The topological polar surface area (TPSA) is 246 Å². The van der Waals surface area contributed by atoms with Gasteiger partial charge in [0.2, 0.25) is 0 Å². The Morgan fingerprint density at radius 3 is 2.00 bits per heavy atom. The number of aromatic amines is 1. The molecule has 318 valence electrons. The van der Waals surface area contributed by atoms with Crippen LogP contribution in [0.15, 0.2) is 78.2 Å². The Bertz CT molecular complexity index is 2350. The lowest BCUT2D eigenvalue weighted by atomic mass is 10.2. The Morgan fingerprint density at radius 2 is 1.53 bits per heavy atom. The van der Waals surface area contributed by atoms with E-state index in [-0.39, 0.29) is 42.4 Å². The van der Waals surface area contributed by atoms with Crippen LogP contribution in [0.2, 0.25) is 0 Å². The normalized spacial score (nSPS) is 15.9. The maximum atomic E-state index is 14.3. The van der Waals surface area contributed by atoms with Crippen molar-refractivity contribution < 1.29 is 37.4 Å². The Morgan fingerprint density at radius 1 is 0.950 bits per heavy atom. The van der Waals surface area contributed by atoms with Crippen LogP contribution in [-0.2, 0) is 28.5 Å². The number of aromatic nitrogens is 8. The third-order valence-corrected chi connectivity index (χ3v) is 8.98. The zero-order valence-corrected chi connectivity index (χ0v) is 35.8. The molecule has 4 amide bonds. The number of allylic oxidation sites excluding steroid dienone is 1. The molecule has 0 saturated carbocycles. The van der Waals surface area contributed by atoms with Gasteiger partial charge in [-0.3, -0.25) is 48.4 Å². The number of aryl methyl sites for hydroxylation is 1. The Balaban J connectivity index is 0.000000225. The lowest BCUT2D eigenvalue weighted by Gasteiger charge is -2.19. The molecule has 5 aromatic heterocycles. The first-order valence-corrected chi connectivity index (χ1v) is 18.6. The van der Waals surface area contributed by atoms with E-state index >= 15 is 0 Å². The van der Waals surface area contributed by atoms with Crippen LogP contribution in [0, 0.1) is 11.6 Å². The van der Waals surface area contributed by atoms with Crippen molar-refractivity contribution in [1.82, 2.24) is 50.4 Å². The van der Waals surface area contributed by atoms with Gasteiger partial charge in [-0.15, -0.1) is 17.0 Å². The first kappa shape index (κ1) is 46.1. The highest BCUT2D eigenvalue weighted by molar-refractivity contribution is 9.08. The molecule has 2 aliphatic heterocycles. The van der Waals surface area contributed by atoms with E-state index in [1.165, 1.54) is 58.9 Å². The number of nitrogens with zero attached hydrogens (tertiary/aromatic N) is 10. The lowest BCUT2D eigenvalue weighted by Crippen LogP contribution is -2.49. The number of aliphatic imine (C=N–C) groups is 1. The van der Waals surface area contributed by atoms with Gasteiger partial charge in [0.15, 0.2) is 46.2 Å². The van der Waals surface area contributed by atoms with E-state index in [4.69, 9.17) is 15.2 Å². The number of H-pyrrole nitrogens is 1. The number of hydrogen-bond donors (Lipinski definition) is 4. The minimum atomic E-state index is -1.03. The van der Waals surface area contributed by atoms with E-state index in [9.17, 15) is 28.0 Å². The summed E-state index contributed by atoms with van der Waals surface area (Å²) in [4.78, 5) is 64.1. The number of alkyl halides is 1. The molecule has 60 heavy (non-hydrogen) atoms. The molecule has 0 aliphatic carbocycles. The summed E-state index contributed by atoms with van der Waals surface area (Å²) in [6, 6.07) is 4.69. The summed E-state index contributed by atoms with van der Waals surface area (Å²) >= 11 is 3.32. The van der Waals surface area contributed by atoms with Crippen LogP contribution in [0.4, 0.5) is 20.4 Å². The summed E-state index contributed by atoms with van der Waals surface area (Å²) in [6.45, 7) is -0.0699. The van der Waals surface area contributed by atoms with E-state index in [1.807, 2.05) is 19.4 Å². The number of ether oxygens (including phenoxy) is 2. The van der Waals surface area contributed by atoms with Gasteiger partial charge in [0, 0.05) is 75.7 Å². The van der Waals surface area contributed by atoms with E-state index < -0.39 is 53.0 Å². The first-order valence-electron chi connectivity index (χ1n) is 17.5. The number of anilines is 2. The van der Waals surface area contributed by atoms with Crippen LogP contribution in [0.25, 0.3) is 0 Å². The molecule has 0 bridgehead atoms. The zero-order valence-electron chi connectivity index (χ0n) is 32.5. The van der Waals surface area contributed by atoms with E-state index in [0.29, 0.717) is 28.7 Å². The molecule has 0 spiro atoms. The highest BCUT2D eigenvalue weighted by atomic mass is 79.9. The van der Waals surface area contributed by atoms with Crippen molar-refractivity contribution in [2.45, 2.75) is 24.0 Å². The maximum Gasteiger partial charge on any atom is 0.275 e. The SMILES string of the molecule is Br.CN1C(=O)[C@@H](NC(=O)c2[nH]ncc2F)COc2cccnc21.CN=CC(=CN)Cn1cc(F)c(C(=O)N[C@H]2COc3cccnc3N(C)C2=O)n1.Cn1cc(CBr)cn1. The number of nitrogens with one attached hydrogen (secondary N) is 3. The monoisotopic (exact) mass is 960 g/mol. The van der Waals surface area contributed by atoms with Crippen LogP contribution in [-0.4, -0.2) is 116 Å². The number of pyridine rings is 2. The summed E-state index contributed by atoms with van der Waals surface area (Å²) in [5, 5.41) is 19.4. The van der Waals surface area contributed by atoms with Crippen LogP contribution < -0.4 is 35.6 Å². The third kappa shape index (κ3) is 11.3. The van der Waals surface area contributed by atoms with Gasteiger partial charge in [0.05, 0.1) is 25.1 Å². The molecular weight excluding hydrogens is 922 g/mol. The molecule has 2 atom stereocenters. The fourth-order valence-corrected chi connectivity index (χ4v) is 5.70. The van der Waals surface area contributed by atoms with Gasteiger partial charge in [-0.25, -0.2) is 18.7 Å². The number of fused-ring (bicyclic) bond motifs is 2. The van der Waals surface area contributed by atoms with Crippen molar-refractivity contribution in [3.05, 3.63) is 102 Å². The molecule has 7 rings (SSSR count). The van der Waals surface area contributed by atoms with Crippen molar-refractivity contribution in [1.29, 1.82) is 0 Å². The van der Waals surface area contributed by atoms with Crippen molar-refractivity contribution in [3.63, 3.8) is 0 Å². The lowest BCUT2D eigenvalue weighted by molar-refractivity contribution is -0.121. The van der Waals surface area contributed by atoms with Gasteiger partial charge in [-0.1, -0.05) is 15.9 Å². The molecular formula is C36H40Br2F2N14O6. The molecule has 0 aromatic carbocycles. The number of hydrogen-bond acceptors (Lipinski definition) is 13. The van der Waals surface area contributed by atoms with Crippen molar-refractivity contribution in [2.24, 2.45) is 17.8 Å². The molecule has 24 heteroatoms. The second kappa shape index (κ2) is 21.4. The number of amides is 4. The minimum absolute atomic E-state index is 0. The first-order chi connectivity index (χ1) is 28.3. The summed E-state index contributed by atoms with van der Waals surface area (Å²) < 4.78 is 41.7. The number of nitrogens with two attached hydrogens (primary N) is 1. The van der Waals surface area contributed by atoms with Crippen LogP contribution in [0.5, 0.6) is 11.5 Å². The van der Waals surface area contributed by atoms with Gasteiger partial charge < -0.3 is 25.8 Å². The molecule has 0 radical (unpaired) electrons. The fraction of sp³-hybridized carbons (Fsp3) is 0.278. The molecule has 0 unspecified atom stereocenters. The van der Waals surface area contributed by atoms with Gasteiger partial charge >= 0.3 is 0 Å². The Kier molecular flexibility index (Phi) is 16.5. The largest absolute Gasteiger partial charge is 0.487 e. The van der Waals surface area contributed by atoms with E-state index in [0.717, 1.165) is 17.7 Å². The second-order valence-corrected chi connectivity index (χ2v) is 13.1. The van der Waals surface area contributed by atoms with Gasteiger partial charge in [0.1, 0.15) is 25.3 Å². The molecule has 2 aliphatic rings. The Labute approximate surface area is 360 Å². The molecule has 7 heterocycles. The van der Waals surface area contributed by atoms with Crippen LogP contribution >= 0.6 is 32.9 Å². The summed E-state index contributed by atoms with van der Waals surface area (Å²) in [6.07, 6.45) is 11.7. The summed E-state index contributed by atoms with van der Waals surface area (Å²) in [5.41, 5.74) is 6.51. The highest BCUT2D eigenvalue weighted by Crippen LogP contribution is 2.28. The fourth-order valence-electron chi connectivity index (χ4n) is 5.42. The van der Waals surface area contributed by atoms with Crippen LogP contribution in [0.3, 0.4) is 0 Å². The van der Waals surface area contributed by atoms with E-state index in [1.54, 1.807) is 36.0 Å². The van der Waals surface area contributed by atoms with Crippen LogP contribution in [0.1, 0.15) is 26.5 Å². The number of rotatable bonds is 8. The van der Waals surface area contributed by atoms with Gasteiger partial charge in [0.25, 0.3) is 23.6 Å². The quantitative estimate of drug-likeness (QED) is 0.129. The number of likely N-dealkylation sites (N-methyl/N-ethyl adjacent to an activating group) is 2. The predicted octanol–water partition coefficient (Wildman–Crippen LogP) is 2.10. The molecule has 0 fully saturated rings. The number of carbonyl (C=O) groups is 4. The smallest absolute Gasteiger partial charge is 0.275 e. The predicted molar refractivity (Wildman–Crippen MR) is 222 cm³/mol. The van der Waals surface area contributed by atoms with Crippen molar-refractivity contribution in [2.75, 3.05) is 44.2 Å². The second-order valence-electron chi connectivity index (χ2n) is 12.5. The van der Waals surface area contributed by atoms with Gasteiger partial charge in [-0.05, 0) is 24.3 Å². The molecule has 0 saturated heterocycles. The number of carbonyl (C=O) groups excluding carboxylic acids is 4. The number of halogens is 4. The minimum Gasteiger partial charge on any atom is -0.487 e.